The molecule has 116 valence electrons. The quantitative estimate of drug-likeness (QED) is 0.738. The molecule has 1 aliphatic heterocycles. The van der Waals surface area contributed by atoms with Crippen LogP contribution < -0.4 is 4.74 Å². The molecule has 0 amide bonds. The number of aliphatic hydroxyl groups is 1. The summed E-state index contributed by atoms with van der Waals surface area (Å²) in [5, 5.41) is 10.5. The smallest absolute Gasteiger partial charge is 0.125 e. The van der Waals surface area contributed by atoms with Gasteiger partial charge in [0.05, 0.1) is 6.10 Å². The van der Waals surface area contributed by atoms with Crippen LogP contribution in [0.25, 0.3) is 0 Å². The van der Waals surface area contributed by atoms with Crippen LogP contribution in [-0.2, 0) is 0 Å². The normalized spacial score (nSPS) is 33.1. The Balaban J connectivity index is 1.81. The van der Waals surface area contributed by atoms with E-state index in [1.165, 1.54) is 19.3 Å². The van der Waals surface area contributed by atoms with Gasteiger partial charge < -0.3 is 9.84 Å². The molecule has 0 aromatic heterocycles. The second-order valence-corrected chi connectivity index (χ2v) is 8.04. The van der Waals surface area contributed by atoms with Crippen LogP contribution in [0.1, 0.15) is 71.0 Å². The number of rotatable bonds is 0. The Labute approximate surface area is 128 Å². The zero-order valence-corrected chi connectivity index (χ0v) is 13.6. The lowest BCUT2D eigenvalue weighted by atomic mass is 9.76. The van der Waals surface area contributed by atoms with Gasteiger partial charge in [-0.3, -0.25) is 0 Å². The maximum absolute atomic E-state index is 10.5. The van der Waals surface area contributed by atoms with E-state index in [0.29, 0.717) is 5.41 Å². The van der Waals surface area contributed by atoms with Crippen LogP contribution >= 0.6 is 0 Å². The minimum atomic E-state index is -0.374. The van der Waals surface area contributed by atoms with E-state index < -0.39 is 0 Å². The monoisotopic (exact) mass is 288 g/mol. The lowest BCUT2D eigenvalue weighted by molar-refractivity contribution is -0.0259. The molecule has 3 unspecified atom stereocenters. The molecule has 1 aromatic carbocycles. The van der Waals surface area contributed by atoms with Crippen LogP contribution in [0.3, 0.4) is 0 Å². The summed E-state index contributed by atoms with van der Waals surface area (Å²) in [6.07, 6.45) is 6.22. The molecule has 0 bridgehead atoms. The van der Waals surface area contributed by atoms with E-state index in [-0.39, 0.29) is 11.7 Å². The molecule has 1 N–H and O–H groups in total. The van der Waals surface area contributed by atoms with Gasteiger partial charge in [0.25, 0.3) is 0 Å². The Kier molecular flexibility index (Phi) is 3.77. The molecule has 1 fully saturated rings. The van der Waals surface area contributed by atoms with Crippen molar-refractivity contribution in [3.8, 4) is 5.75 Å². The Morgan fingerprint density at radius 1 is 1.14 bits per heavy atom. The molecule has 1 aliphatic carbocycles. The lowest BCUT2D eigenvalue weighted by Crippen LogP contribution is -2.40. The van der Waals surface area contributed by atoms with Crippen molar-refractivity contribution in [3.05, 3.63) is 29.8 Å². The number of aliphatic hydroxyl groups excluding tert-OH is 1. The molecule has 2 aliphatic rings. The van der Waals surface area contributed by atoms with Crippen LogP contribution in [0.2, 0.25) is 0 Å². The third-order valence-corrected chi connectivity index (χ3v) is 5.53. The highest BCUT2D eigenvalue weighted by Gasteiger charge is 2.42. The zero-order chi connectivity index (χ0) is 15.1. The number of hydrogen-bond acceptors (Lipinski definition) is 2. The average molecular weight is 288 g/mol. The van der Waals surface area contributed by atoms with Gasteiger partial charge in [0.1, 0.15) is 11.4 Å². The van der Waals surface area contributed by atoms with Gasteiger partial charge in [0.15, 0.2) is 0 Å². The van der Waals surface area contributed by atoms with Gasteiger partial charge >= 0.3 is 0 Å². The topological polar surface area (TPSA) is 29.5 Å². The molecule has 3 atom stereocenters. The van der Waals surface area contributed by atoms with E-state index in [2.05, 4.69) is 20.8 Å². The molecule has 2 nitrogen and oxygen atoms in total. The van der Waals surface area contributed by atoms with E-state index in [1.54, 1.807) is 0 Å². The summed E-state index contributed by atoms with van der Waals surface area (Å²) in [4.78, 5) is 0. The Hall–Kier alpha value is -1.02. The fourth-order valence-electron chi connectivity index (χ4n) is 4.14. The number of fused-ring (bicyclic) bond motifs is 1. The van der Waals surface area contributed by atoms with E-state index in [0.717, 1.165) is 36.5 Å². The summed E-state index contributed by atoms with van der Waals surface area (Å²) in [6, 6.07) is 7.97. The highest BCUT2D eigenvalue weighted by atomic mass is 16.5. The van der Waals surface area contributed by atoms with Crippen molar-refractivity contribution in [2.24, 2.45) is 11.3 Å². The summed E-state index contributed by atoms with van der Waals surface area (Å²) in [7, 11) is 0. The van der Waals surface area contributed by atoms with E-state index in [9.17, 15) is 5.11 Å². The SMILES string of the molecule is CC(C)(C)C1CCCC2(CC1)CC(O)c1ccccc1O2. The van der Waals surface area contributed by atoms with Gasteiger partial charge in [-0.2, -0.15) is 0 Å². The number of benzene rings is 1. The summed E-state index contributed by atoms with van der Waals surface area (Å²) in [6.45, 7) is 7.05. The summed E-state index contributed by atoms with van der Waals surface area (Å²) >= 11 is 0. The Morgan fingerprint density at radius 2 is 1.90 bits per heavy atom. The van der Waals surface area contributed by atoms with Gasteiger partial charge in [-0.25, -0.2) is 0 Å². The predicted octanol–water partition coefficient (Wildman–Crippen LogP) is 4.87. The Bertz CT molecular complexity index is 503. The first kappa shape index (κ1) is 14.9. The summed E-state index contributed by atoms with van der Waals surface area (Å²) in [5.41, 5.74) is 1.18. The van der Waals surface area contributed by atoms with Crippen molar-refractivity contribution in [1.82, 2.24) is 0 Å². The van der Waals surface area contributed by atoms with Crippen LogP contribution in [0.4, 0.5) is 0 Å². The van der Waals surface area contributed by atoms with E-state index in [4.69, 9.17) is 4.74 Å². The third kappa shape index (κ3) is 2.96. The van der Waals surface area contributed by atoms with Crippen LogP contribution in [0, 0.1) is 11.3 Å². The first-order chi connectivity index (χ1) is 9.90. The molecular formula is C19H28O2. The molecule has 21 heavy (non-hydrogen) atoms. The maximum Gasteiger partial charge on any atom is 0.125 e. The van der Waals surface area contributed by atoms with Crippen molar-refractivity contribution in [1.29, 1.82) is 0 Å². The molecule has 1 saturated carbocycles. The van der Waals surface area contributed by atoms with E-state index >= 15 is 0 Å². The first-order valence-electron chi connectivity index (χ1n) is 8.36. The van der Waals surface area contributed by atoms with Crippen LogP contribution in [0.5, 0.6) is 5.75 Å². The number of ether oxygens (including phenoxy) is 1. The maximum atomic E-state index is 10.5. The second-order valence-electron chi connectivity index (χ2n) is 8.04. The van der Waals surface area contributed by atoms with Crippen LogP contribution in [-0.4, -0.2) is 10.7 Å². The summed E-state index contributed by atoms with van der Waals surface area (Å²) < 4.78 is 6.41. The highest BCUT2D eigenvalue weighted by Crippen LogP contribution is 2.48. The van der Waals surface area contributed by atoms with Gasteiger partial charge in [0, 0.05) is 12.0 Å². The average Bonchev–Trinajstić information content (AvgIpc) is 2.61. The molecular weight excluding hydrogens is 260 g/mol. The van der Waals surface area contributed by atoms with Gasteiger partial charge in [0.2, 0.25) is 0 Å². The molecule has 1 aromatic rings. The molecule has 0 saturated heterocycles. The first-order valence-corrected chi connectivity index (χ1v) is 8.36. The van der Waals surface area contributed by atoms with Crippen molar-refractivity contribution >= 4 is 0 Å². The fourth-order valence-corrected chi connectivity index (χ4v) is 4.14. The van der Waals surface area contributed by atoms with Crippen molar-refractivity contribution in [2.75, 3.05) is 0 Å². The minimum absolute atomic E-state index is 0.145. The minimum Gasteiger partial charge on any atom is -0.487 e. The predicted molar refractivity (Wildman–Crippen MR) is 85.4 cm³/mol. The summed E-state index contributed by atoms with van der Waals surface area (Å²) in [5.74, 6) is 1.65. The highest BCUT2D eigenvalue weighted by molar-refractivity contribution is 5.38. The van der Waals surface area contributed by atoms with Gasteiger partial charge in [-0.15, -0.1) is 0 Å². The molecule has 3 rings (SSSR count). The molecule has 1 spiro atoms. The van der Waals surface area contributed by atoms with Crippen LogP contribution in [0.15, 0.2) is 24.3 Å². The standard InChI is InChI=1S/C19H28O2/c1-18(2,3)14-7-6-11-19(12-10-14)13-16(20)15-8-4-5-9-17(15)21-19/h4-5,8-9,14,16,20H,6-7,10-13H2,1-3H3. The molecule has 2 heteroatoms. The van der Waals surface area contributed by atoms with Gasteiger partial charge in [-0.1, -0.05) is 39.0 Å². The molecule has 0 radical (unpaired) electrons. The second kappa shape index (κ2) is 5.31. The number of hydrogen-bond donors (Lipinski definition) is 1. The lowest BCUT2D eigenvalue weighted by Gasteiger charge is -2.41. The molecule has 1 heterocycles. The Morgan fingerprint density at radius 3 is 2.67 bits per heavy atom. The van der Waals surface area contributed by atoms with Gasteiger partial charge in [-0.05, 0) is 49.5 Å². The zero-order valence-electron chi connectivity index (χ0n) is 13.6. The van der Waals surface area contributed by atoms with Crippen molar-refractivity contribution in [2.45, 2.75) is 71.0 Å². The third-order valence-electron chi connectivity index (χ3n) is 5.53. The van der Waals surface area contributed by atoms with E-state index in [1.807, 2.05) is 24.3 Å². The fraction of sp³-hybridized carbons (Fsp3) is 0.684. The number of para-hydroxylation sites is 1. The largest absolute Gasteiger partial charge is 0.487 e. The van der Waals surface area contributed by atoms with Crippen molar-refractivity contribution < 1.29 is 9.84 Å². The van der Waals surface area contributed by atoms with Crippen molar-refractivity contribution in [3.63, 3.8) is 0 Å².